The first-order valence-electron chi connectivity index (χ1n) is 5.00. The second-order valence-electron chi connectivity index (χ2n) is 3.45. The third-order valence-electron chi connectivity index (χ3n) is 2.25. The van der Waals surface area contributed by atoms with Crippen molar-refractivity contribution in [3.63, 3.8) is 0 Å². The molecule has 0 aliphatic carbocycles. The van der Waals surface area contributed by atoms with Gasteiger partial charge in [0.25, 0.3) is 0 Å². The van der Waals surface area contributed by atoms with E-state index >= 15 is 0 Å². The molecule has 0 aliphatic heterocycles. The van der Waals surface area contributed by atoms with Gasteiger partial charge in [0.05, 0.1) is 13.2 Å². The van der Waals surface area contributed by atoms with E-state index in [1.54, 1.807) is 7.11 Å². The molecular formula is C13H16O2. The number of hydrogen-bond donors (Lipinski definition) is 1. The molecular weight excluding hydrogens is 188 g/mol. The highest BCUT2D eigenvalue weighted by atomic mass is 16.5. The van der Waals surface area contributed by atoms with Crippen LogP contribution in [0, 0.1) is 12.3 Å². The van der Waals surface area contributed by atoms with Gasteiger partial charge in [-0.15, -0.1) is 12.3 Å². The lowest BCUT2D eigenvalue weighted by molar-refractivity contribution is 0.166. The number of terminal acetylenes is 1. The first-order valence-corrected chi connectivity index (χ1v) is 5.00. The smallest absolute Gasteiger partial charge is 0.118 e. The van der Waals surface area contributed by atoms with Crippen LogP contribution in [0.25, 0.3) is 0 Å². The van der Waals surface area contributed by atoms with E-state index in [9.17, 15) is 5.11 Å². The number of hydrogen-bond acceptors (Lipinski definition) is 2. The van der Waals surface area contributed by atoms with Gasteiger partial charge in [-0.05, 0) is 30.5 Å². The average molecular weight is 204 g/mol. The van der Waals surface area contributed by atoms with E-state index in [1.807, 2.05) is 24.3 Å². The highest BCUT2D eigenvalue weighted by Crippen LogP contribution is 2.13. The number of benzene rings is 1. The second-order valence-corrected chi connectivity index (χ2v) is 3.45. The molecule has 1 aromatic carbocycles. The van der Waals surface area contributed by atoms with E-state index < -0.39 is 0 Å². The maximum atomic E-state index is 9.63. The third-order valence-corrected chi connectivity index (χ3v) is 2.25. The number of rotatable bonds is 5. The van der Waals surface area contributed by atoms with E-state index in [1.165, 1.54) is 0 Å². The molecule has 2 heteroatoms. The van der Waals surface area contributed by atoms with Crippen LogP contribution >= 0.6 is 0 Å². The summed E-state index contributed by atoms with van der Waals surface area (Å²) in [6, 6.07) is 7.70. The van der Waals surface area contributed by atoms with Crippen molar-refractivity contribution in [1.82, 2.24) is 0 Å². The Morgan fingerprint density at radius 1 is 1.40 bits per heavy atom. The molecule has 0 heterocycles. The van der Waals surface area contributed by atoms with Crippen molar-refractivity contribution in [3.05, 3.63) is 29.8 Å². The summed E-state index contributed by atoms with van der Waals surface area (Å²) in [4.78, 5) is 0. The van der Waals surface area contributed by atoms with E-state index in [0.717, 1.165) is 11.3 Å². The minimum atomic E-state index is -0.352. The van der Waals surface area contributed by atoms with E-state index in [-0.39, 0.29) is 6.10 Å². The maximum absolute atomic E-state index is 9.63. The fourth-order valence-corrected chi connectivity index (χ4v) is 1.39. The van der Waals surface area contributed by atoms with Crippen molar-refractivity contribution in [2.45, 2.75) is 25.4 Å². The van der Waals surface area contributed by atoms with Crippen molar-refractivity contribution in [2.24, 2.45) is 0 Å². The lowest BCUT2D eigenvalue weighted by Gasteiger charge is -2.09. The average Bonchev–Trinajstić information content (AvgIpc) is 2.27. The van der Waals surface area contributed by atoms with Crippen molar-refractivity contribution in [2.75, 3.05) is 7.11 Å². The lowest BCUT2D eigenvalue weighted by Crippen LogP contribution is -2.09. The Balaban J connectivity index is 2.46. The summed E-state index contributed by atoms with van der Waals surface area (Å²) < 4.78 is 5.05. The third kappa shape index (κ3) is 4.05. The van der Waals surface area contributed by atoms with Gasteiger partial charge in [-0.2, -0.15) is 0 Å². The highest BCUT2D eigenvalue weighted by molar-refractivity contribution is 5.27. The first kappa shape index (κ1) is 11.6. The first-order chi connectivity index (χ1) is 7.26. The molecule has 80 valence electrons. The molecule has 1 aromatic rings. The van der Waals surface area contributed by atoms with E-state index in [0.29, 0.717) is 19.3 Å². The van der Waals surface area contributed by atoms with Crippen molar-refractivity contribution < 1.29 is 9.84 Å². The zero-order valence-electron chi connectivity index (χ0n) is 8.94. The molecule has 0 fully saturated rings. The Bertz CT molecular complexity index is 321. The summed E-state index contributed by atoms with van der Waals surface area (Å²) in [5, 5.41) is 9.63. The van der Waals surface area contributed by atoms with Crippen LogP contribution in [-0.2, 0) is 6.42 Å². The van der Waals surface area contributed by atoms with Crippen LogP contribution in [-0.4, -0.2) is 18.3 Å². The number of ether oxygens (including phenoxy) is 1. The van der Waals surface area contributed by atoms with Crippen LogP contribution in [0.1, 0.15) is 18.4 Å². The Hall–Kier alpha value is -1.46. The molecule has 1 unspecified atom stereocenters. The summed E-state index contributed by atoms with van der Waals surface area (Å²) in [6.07, 6.45) is 6.70. The van der Waals surface area contributed by atoms with Crippen molar-refractivity contribution in [1.29, 1.82) is 0 Å². The molecule has 0 saturated heterocycles. The van der Waals surface area contributed by atoms with Gasteiger partial charge >= 0.3 is 0 Å². The topological polar surface area (TPSA) is 29.5 Å². The molecule has 1 rings (SSSR count). The standard InChI is InChI=1S/C13H16O2/c1-3-4-5-12(14)10-11-6-8-13(15-2)9-7-11/h1,6-9,12,14H,4-5,10H2,2H3. The van der Waals surface area contributed by atoms with Crippen LogP contribution in [0.2, 0.25) is 0 Å². The maximum Gasteiger partial charge on any atom is 0.118 e. The van der Waals surface area contributed by atoms with Gasteiger partial charge in [0.1, 0.15) is 5.75 Å². The summed E-state index contributed by atoms with van der Waals surface area (Å²) in [7, 11) is 1.64. The lowest BCUT2D eigenvalue weighted by atomic mass is 10.0. The van der Waals surface area contributed by atoms with Crippen LogP contribution < -0.4 is 4.74 Å². The molecule has 0 aliphatic rings. The zero-order chi connectivity index (χ0) is 11.1. The fraction of sp³-hybridized carbons (Fsp3) is 0.385. The van der Waals surface area contributed by atoms with Crippen LogP contribution in [0.5, 0.6) is 5.75 Å². The molecule has 0 radical (unpaired) electrons. The SMILES string of the molecule is C#CCCC(O)Cc1ccc(OC)cc1. The molecule has 15 heavy (non-hydrogen) atoms. The number of methoxy groups -OCH3 is 1. The molecule has 0 amide bonds. The predicted molar refractivity (Wildman–Crippen MR) is 60.8 cm³/mol. The zero-order valence-corrected chi connectivity index (χ0v) is 8.94. The summed E-state index contributed by atoms with van der Waals surface area (Å²) in [6.45, 7) is 0. The largest absolute Gasteiger partial charge is 0.497 e. The molecule has 1 atom stereocenters. The van der Waals surface area contributed by atoms with Gasteiger partial charge < -0.3 is 9.84 Å². The van der Waals surface area contributed by atoms with Crippen LogP contribution in [0.15, 0.2) is 24.3 Å². The van der Waals surface area contributed by atoms with Gasteiger partial charge in [-0.1, -0.05) is 12.1 Å². The minimum absolute atomic E-state index is 0.352. The highest BCUT2D eigenvalue weighted by Gasteiger charge is 2.04. The van der Waals surface area contributed by atoms with Crippen LogP contribution in [0.4, 0.5) is 0 Å². The molecule has 2 nitrogen and oxygen atoms in total. The van der Waals surface area contributed by atoms with Gasteiger partial charge in [-0.3, -0.25) is 0 Å². The number of aliphatic hydroxyl groups is 1. The van der Waals surface area contributed by atoms with Gasteiger partial charge in [-0.25, -0.2) is 0 Å². The van der Waals surface area contributed by atoms with E-state index in [2.05, 4.69) is 5.92 Å². The fourth-order valence-electron chi connectivity index (χ4n) is 1.39. The molecule has 0 spiro atoms. The second kappa shape index (κ2) is 6.10. The predicted octanol–water partition coefficient (Wildman–Crippen LogP) is 2.01. The Morgan fingerprint density at radius 3 is 2.60 bits per heavy atom. The minimum Gasteiger partial charge on any atom is -0.497 e. The Labute approximate surface area is 90.9 Å². The van der Waals surface area contributed by atoms with Gasteiger partial charge in [0.15, 0.2) is 0 Å². The summed E-state index contributed by atoms with van der Waals surface area (Å²) in [5.74, 6) is 3.35. The molecule has 0 aromatic heterocycles. The Morgan fingerprint density at radius 2 is 2.07 bits per heavy atom. The molecule has 0 saturated carbocycles. The van der Waals surface area contributed by atoms with Crippen LogP contribution in [0.3, 0.4) is 0 Å². The summed E-state index contributed by atoms with van der Waals surface area (Å²) in [5.41, 5.74) is 1.10. The summed E-state index contributed by atoms with van der Waals surface area (Å²) >= 11 is 0. The van der Waals surface area contributed by atoms with E-state index in [4.69, 9.17) is 11.2 Å². The monoisotopic (exact) mass is 204 g/mol. The van der Waals surface area contributed by atoms with Gasteiger partial charge in [0, 0.05) is 6.42 Å². The number of aliphatic hydroxyl groups excluding tert-OH is 1. The Kier molecular flexibility index (Phi) is 4.73. The normalized spacial score (nSPS) is 11.8. The molecule has 1 N–H and O–H groups in total. The van der Waals surface area contributed by atoms with Crippen molar-refractivity contribution >= 4 is 0 Å². The molecule has 0 bridgehead atoms. The van der Waals surface area contributed by atoms with Crippen molar-refractivity contribution in [3.8, 4) is 18.1 Å². The van der Waals surface area contributed by atoms with Gasteiger partial charge in [0.2, 0.25) is 0 Å². The quantitative estimate of drug-likeness (QED) is 0.743.